The number of amides is 2. The minimum atomic E-state index is -0.532. The van der Waals surface area contributed by atoms with E-state index in [4.69, 9.17) is 14.7 Å². The van der Waals surface area contributed by atoms with Crippen LogP contribution >= 0.6 is 0 Å². The van der Waals surface area contributed by atoms with E-state index in [1.165, 1.54) is 0 Å². The van der Waals surface area contributed by atoms with E-state index in [9.17, 15) is 9.59 Å². The zero-order chi connectivity index (χ0) is 23.0. The van der Waals surface area contributed by atoms with Gasteiger partial charge in [0, 0.05) is 26.1 Å². The summed E-state index contributed by atoms with van der Waals surface area (Å²) in [5.41, 5.74) is -1.04. The van der Waals surface area contributed by atoms with Crippen LogP contribution in [0.15, 0.2) is 0 Å². The first-order chi connectivity index (χ1) is 13.9. The van der Waals surface area contributed by atoms with Crippen LogP contribution in [0.2, 0.25) is 0 Å². The molecule has 0 aliphatic carbocycles. The maximum absolute atomic E-state index is 12.5. The summed E-state index contributed by atoms with van der Waals surface area (Å²) in [5, 5.41) is 14.6. The third kappa shape index (κ3) is 18.0. The number of rotatable bonds is 13. The number of unbranched alkanes of at least 4 members (excludes halogenated alkanes) is 3. The molecule has 0 radical (unpaired) electrons. The van der Waals surface area contributed by atoms with E-state index in [0.717, 1.165) is 45.2 Å². The smallest absolute Gasteiger partial charge is 0.410 e. The lowest BCUT2D eigenvalue weighted by atomic mass is 10.2. The van der Waals surface area contributed by atoms with Crippen LogP contribution in [0, 0.1) is 11.3 Å². The molecular formula is C22H42N4O4. The monoisotopic (exact) mass is 426 g/mol. The molecule has 0 fully saturated rings. The van der Waals surface area contributed by atoms with Crippen LogP contribution < -0.4 is 10.6 Å². The Morgan fingerprint density at radius 3 is 1.90 bits per heavy atom. The zero-order valence-corrected chi connectivity index (χ0v) is 19.8. The minimum absolute atomic E-state index is 0.301. The van der Waals surface area contributed by atoms with Crippen LogP contribution in [-0.2, 0) is 9.47 Å². The highest BCUT2D eigenvalue weighted by atomic mass is 16.6. The van der Waals surface area contributed by atoms with Gasteiger partial charge in [0.25, 0.3) is 0 Å². The summed E-state index contributed by atoms with van der Waals surface area (Å²) in [7, 11) is 0. The molecule has 0 aromatic carbocycles. The van der Waals surface area contributed by atoms with Crippen molar-refractivity contribution in [3.05, 3.63) is 0 Å². The maximum atomic E-state index is 12.5. The minimum Gasteiger partial charge on any atom is -0.444 e. The highest BCUT2D eigenvalue weighted by Gasteiger charge is 2.21. The van der Waals surface area contributed by atoms with Crippen molar-refractivity contribution in [1.82, 2.24) is 15.5 Å². The van der Waals surface area contributed by atoms with Crippen LogP contribution in [0.3, 0.4) is 0 Å². The highest BCUT2D eigenvalue weighted by molar-refractivity contribution is 5.68. The molecule has 0 bridgehead atoms. The Morgan fingerprint density at radius 1 is 0.833 bits per heavy atom. The molecule has 0 aromatic rings. The summed E-state index contributed by atoms with van der Waals surface area (Å²) in [6.07, 6.45) is 4.05. The second-order valence-electron chi connectivity index (χ2n) is 9.32. The number of nitrogens with one attached hydrogen (secondary N) is 2. The van der Waals surface area contributed by atoms with Gasteiger partial charge in [-0.15, -0.1) is 0 Å². The Labute approximate surface area is 182 Å². The lowest BCUT2D eigenvalue weighted by Gasteiger charge is -2.27. The van der Waals surface area contributed by atoms with Gasteiger partial charge in [0.15, 0.2) is 0 Å². The zero-order valence-electron chi connectivity index (χ0n) is 19.8. The second kappa shape index (κ2) is 14.9. The number of ether oxygens (including phenoxy) is 2. The normalized spacial score (nSPS) is 11.5. The Hall–Kier alpha value is -2.01. The average Bonchev–Trinajstić information content (AvgIpc) is 2.58. The molecule has 174 valence electrons. The molecule has 0 spiro atoms. The van der Waals surface area contributed by atoms with E-state index in [-0.39, 0.29) is 6.09 Å². The maximum Gasteiger partial charge on any atom is 0.410 e. The Bertz CT molecular complexity index is 533. The number of carbonyl (C=O) groups is 2. The van der Waals surface area contributed by atoms with Crippen molar-refractivity contribution >= 4 is 12.2 Å². The SMILES string of the molecule is CC(C)(C)OC(=O)NCCCCN(CCCCNCCCC#N)C(=O)OC(C)(C)C. The first-order valence-corrected chi connectivity index (χ1v) is 11.0. The fourth-order valence-corrected chi connectivity index (χ4v) is 2.52. The number of carbonyl (C=O) groups excluding carboxylic acids is 2. The average molecular weight is 427 g/mol. The van der Waals surface area contributed by atoms with Gasteiger partial charge in [-0.05, 0) is 86.7 Å². The summed E-state index contributed by atoms with van der Waals surface area (Å²) in [6, 6.07) is 2.13. The molecule has 2 N–H and O–H groups in total. The highest BCUT2D eigenvalue weighted by Crippen LogP contribution is 2.11. The van der Waals surface area contributed by atoms with Crippen molar-refractivity contribution in [2.75, 3.05) is 32.7 Å². The van der Waals surface area contributed by atoms with Crippen molar-refractivity contribution in [3.8, 4) is 6.07 Å². The number of hydrogen-bond donors (Lipinski definition) is 2. The van der Waals surface area contributed by atoms with Crippen LogP contribution in [0.4, 0.5) is 9.59 Å². The predicted molar refractivity (Wildman–Crippen MR) is 118 cm³/mol. The first-order valence-electron chi connectivity index (χ1n) is 11.0. The topological polar surface area (TPSA) is 104 Å². The molecule has 0 rings (SSSR count). The van der Waals surface area contributed by atoms with Gasteiger partial charge >= 0.3 is 12.2 Å². The van der Waals surface area contributed by atoms with E-state index >= 15 is 0 Å². The van der Waals surface area contributed by atoms with Gasteiger partial charge < -0.3 is 25.0 Å². The summed E-state index contributed by atoms with van der Waals surface area (Å²) in [6.45, 7) is 14.5. The molecule has 0 atom stereocenters. The number of hydrogen-bond acceptors (Lipinski definition) is 6. The molecule has 8 heteroatoms. The predicted octanol–water partition coefficient (Wildman–Crippen LogP) is 4.20. The van der Waals surface area contributed by atoms with Crippen LogP contribution in [0.5, 0.6) is 0 Å². The van der Waals surface area contributed by atoms with Crippen molar-refractivity contribution in [3.63, 3.8) is 0 Å². The van der Waals surface area contributed by atoms with E-state index in [1.54, 1.807) is 4.90 Å². The van der Waals surface area contributed by atoms with Crippen molar-refractivity contribution in [2.45, 2.75) is 91.3 Å². The van der Waals surface area contributed by atoms with E-state index in [2.05, 4.69) is 16.7 Å². The van der Waals surface area contributed by atoms with E-state index in [1.807, 2.05) is 41.5 Å². The third-order valence-electron chi connectivity index (χ3n) is 3.85. The summed E-state index contributed by atoms with van der Waals surface area (Å²) in [5.74, 6) is 0. The van der Waals surface area contributed by atoms with Crippen molar-refractivity contribution < 1.29 is 19.1 Å². The van der Waals surface area contributed by atoms with Gasteiger partial charge in [-0.2, -0.15) is 5.26 Å². The first kappa shape index (κ1) is 28.0. The molecular weight excluding hydrogens is 384 g/mol. The fraction of sp³-hybridized carbons (Fsp3) is 0.864. The molecule has 0 saturated carbocycles. The summed E-state index contributed by atoms with van der Waals surface area (Å²) in [4.78, 5) is 25.9. The molecule has 0 aliphatic heterocycles. The molecule has 0 aliphatic rings. The second-order valence-corrected chi connectivity index (χ2v) is 9.32. The molecule has 0 heterocycles. The van der Waals surface area contributed by atoms with Gasteiger partial charge in [-0.1, -0.05) is 0 Å². The standard InChI is InChI=1S/C22H42N4O4/c1-21(2,3)29-19(27)25-16-10-12-18-26(20(28)30-22(4,5)6)17-11-9-15-24-14-8-7-13-23/h24H,7-12,14-18H2,1-6H3,(H,25,27). The van der Waals surface area contributed by atoms with E-state index < -0.39 is 17.3 Å². The van der Waals surface area contributed by atoms with Gasteiger partial charge in [0.05, 0.1) is 6.07 Å². The largest absolute Gasteiger partial charge is 0.444 e. The molecule has 2 amide bonds. The Kier molecular flexibility index (Phi) is 13.9. The molecule has 0 saturated heterocycles. The van der Waals surface area contributed by atoms with Crippen LogP contribution in [0.1, 0.15) is 80.1 Å². The summed E-state index contributed by atoms with van der Waals surface area (Å²) >= 11 is 0. The van der Waals surface area contributed by atoms with Crippen LogP contribution in [0.25, 0.3) is 0 Å². The quantitative estimate of drug-likeness (QED) is 0.428. The summed E-state index contributed by atoms with van der Waals surface area (Å²) < 4.78 is 10.7. The van der Waals surface area contributed by atoms with Gasteiger partial charge in [-0.3, -0.25) is 0 Å². The van der Waals surface area contributed by atoms with Crippen LogP contribution in [-0.4, -0.2) is 61.0 Å². The van der Waals surface area contributed by atoms with Crippen molar-refractivity contribution in [2.24, 2.45) is 0 Å². The van der Waals surface area contributed by atoms with Gasteiger partial charge in [-0.25, -0.2) is 9.59 Å². The molecule has 0 unspecified atom stereocenters. The lowest BCUT2D eigenvalue weighted by Crippen LogP contribution is -2.38. The fourth-order valence-electron chi connectivity index (χ4n) is 2.52. The number of nitriles is 1. The third-order valence-corrected chi connectivity index (χ3v) is 3.85. The van der Waals surface area contributed by atoms with E-state index in [0.29, 0.717) is 26.1 Å². The Morgan fingerprint density at radius 2 is 1.37 bits per heavy atom. The molecule has 8 nitrogen and oxygen atoms in total. The number of nitrogens with zero attached hydrogens (tertiary/aromatic N) is 2. The Balaban J connectivity index is 4.24. The van der Waals surface area contributed by atoms with Gasteiger partial charge in [0.1, 0.15) is 11.2 Å². The lowest BCUT2D eigenvalue weighted by molar-refractivity contribution is 0.0242. The molecule has 30 heavy (non-hydrogen) atoms. The van der Waals surface area contributed by atoms with Gasteiger partial charge in [0.2, 0.25) is 0 Å². The number of alkyl carbamates (subject to hydrolysis) is 1. The van der Waals surface area contributed by atoms with Crippen molar-refractivity contribution in [1.29, 1.82) is 5.26 Å². The molecule has 0 aromatic heterocycles.